The lowest BCUT2D eigenvalue weighted by Crippen LogP contribution is -2.19. The number of rotatable bonds is 4. The summed E-state index contributed by atoms with van der Waals surface area (Å²) >= 11 is 5.96. The van der Waals surface area contributed by atoms with Crippen molar-refractivity contribution in [2.75, 3.05) is 20.2 Å². The van der Waals surface area contributed by atoms with Crippen molar-refractivity contribution in [3.8, 4) is 11.1 Å². The Morgan fingerprint density at radius 1 is 1.14 bits per heavy atom. The van der Waals surface area contributed by atoms with Crippen molar-refractivity contribution in [3.63, 3.8) is 0 Å². The molecule has 0 amide bonds. The predicted octanol–water partition coefficient (Wildman–Crippen LogP) is 3.50. The van der Waals surface area contributed by atoms with E-state index in [2.05, 4.69) is 28.5 Å². The largest absolute Gasteiger partial charge is 0.380 e. The van der Waals surface area contributed by atoms with Gasteiger partial charge in [-0.1, -0.05) is 35.9 Å². The second-order valence-corrected chi connectivity index (χ2v) is 5.41. The van der Waals surface area contributed by atoms with Crippen LogP contribution in [0.3, 0.4) is 0 Å². The molecule has 0 atom stereocenters. The summed E-state index contributed by atoms with van der Waals surface area (Å²) in [4.78, 5) is 4.47. The fourth-order valence-electron chi connectivity index (χ4n) is 2.52. The molecule has 0 saturated carbocycles. The van der Waals surface area contributed by atoms with E-state index in [-0.39, 0.29) is 0 Å². The molecule has 0 aliphatic carbocycles. The second kappa shape index (κ2) is 6.29. The number of methoxy groups -OCH3 is 1. The van der Waals surface area contributed by atoms with Crippen molar-refractivity contribution in [2.45, 2.75) is 6.61 Å². The Bertz CT molecular complexity index is 665. The van der Waals surface area contributed by atoms with E-state index < -0.39 is 0 Å². The molecule has 0 saturated heterocycles. The molecule has 0 radical (unpaired) electrons. The van der Waals surface area contributed by atoms with Crippen LogP contribution >= 0.6 is 11.6 Å². The number of amidine groups is 1. The molecule has 1 aliphatic rings. The zero-order valence-electron chi connectivity index (χ0n) is 11.9. The smallest absolute Gasteiger partial charge is 0.128 e. The van der Waals surface area contributed by atoms with Gasteiger partial charge in [0.15, 0.2) is 0 Å². The zero-order chi connectivity index (χ0) is 14.7. The van der Waals surface area contributed by atoms with Crippen LogP contribution in [0.25, 0.3) is 11.1 Å². The van der Waals surface area contributed by atoms with Gasteiger partial charge in [0.25, 0.3) is 0 Å². The van der Waals surface area contributed by atoms with Crippen molar-refractivity contribution >= 4 is 17.4 Å². The van der Waals surface area contributed by atoms with E-state index in [4.69, 9.17) is 16.3 Å². The minimum atomic E-state index is 0.569. The molecular formula is C17H17ClN2O. The van der Waals surface area contributed by atoms with Crippen LogP contribution in [0.2, 0.25) is 5.02 Å². The van der Waals surface area contributed by atoms with Crippen LogP contribution in [0.4, 0.5) is 0 Å². The lowest BCUT2D eigenvalue weighted by molar-refractivity contribution is 0.185. The number of hydrogen-bond donors (Lipinski definition) is 1. The highest BCUT2D eigenvalue weighted by Gasteiger charge is 2.12. The average Bonchev–Trinajstić information content (AvgIpc) is 3.03. The Kier molecular flexibility index (Phi) is 4.23. The molecule has 0 spiro atoms. The summed E-state index contributed by atoms with van der Waals surface area (Å²) in [5, 5.41) is 4.04. The Morgan fingerprint density at radius 3 is 2.57 bits per heavy atom. The van der Waals surface area contributed by atoms with E-state index >= 15 is 0 Å². The molecule has 2 aromatic rings. The van der Waals surface area contributed by atoms with Gasteiger partial charge in [0, 0.05) is 24.2 Å². The van der Waals surface area contributed by atoms with Gasteiger partial charge in [0.05, 0.1) is 13.2 Å². The third-order valence-electron chi connectivity index (χ3n) is 3.51. The van der Waals surface area contributed by atoms with Gasteiger partial charge >= 0.3 is 0 Å². The summed E-state index contributed by atoms with van der Waals surface area (Å²) in [5.41, 5.74) is 4.56. The molecule has 0 fully saturated rings. The first-order valence-electron chi connectivity index (χ1n) is 6.94. The molecule has 0 unspecified atom stereocenters. The molecule has 1 heterocycles. The predicted molar refractivity (Wildman–Crippen MR) is 87.0 cm³/mol. The molecule has 2 aromatic carbocycles. The van der Waals surface area contributed by atoms with E-state index in [1.165, 1.54) is 0 Å². The van der Waals surface area contributed by atoms with E-state index in [1.807, 2.05) is 24.3 Å². The molecule has 0 aromatic heterocycles. The highest BCUT2D eigenvalue weighted by molar-refractivity contribution is 6.30. The van der Waals surface area contributed by atoms with Gasteiger partial charge in [-0.25, -0.2) is 0 Å². The number of nitrogens with one attached hydrogen (secondary N) is 1. The van der Waals surface area contributed by atoms with E-state index in [0.717, 1.165) is 46.2 Å². The van der Waals surface area contributed by atoms with Crippen LogP contribution in [0.15, 0.2) is 47.5 Å². The van der Waals surface area contributed by atoms with Gasteiger partial charge in [0.1, 0.15) is 5.84 Å². The first kappa shape index (κ1) is 14.1. The summed E-state index contributed by atoms with van der Waals surface area (Å²) in [5.74, 6) is 0.968. The first-order valence-corrected chi connectivity index (χ1v) is 7.32. The van der Waals surface area contributed by atoms with Crippen LogP contribution < -0.4 is 5.32 Å². The monoisotopic (exact) mass is 300 g/mol. The van der Waals surface area contributed by atoms with E-state index in [1.54, 1.807) is 7.11 Å². The maximum atomic E-state index is 5.96. The van der Waals surface area contributed by atoms with Gasteiger partial charge < -0.3 is 10.1 Å². The average molecular weight is 301 g/mol. The lowest BCUT2D eigenvalue weighted by atomic mass is 9.97. The van der Waals surface area contributed by atoms with Crippen molar-refractivity contribution in [1.29, 1.82) is 0 Å². The number of hydrogen-bond acceptors (Lipinski definition) is 3. The van der Waals surface area contributed by atoms with Gasteiger partial charge in [-0.05, 0) is 34.9 Å². The number of halogens is 1. The number of benzene rings is 2. The summed E-state index contributed by atoms with van der Waals surface area (Å²) in [6.45, 7) is 2.32. The Hall–Kier alpha value is -1.84. The van der Waals surface area contributed by atoms with Gasteiger partial charge in [-0.2, -0.15) is 0 Å². The van der Waals surface area contributed by atoms with Crippen molar-refractivity contribution < 1.29 is 4.74 Å². The summed E-state index contributed by atoms with van der Waals surface area (Å²) in [6.07, 6.45) is 0. The van der Waals surface area contributed by atoms with Crippen LogP contribution in [0.5, 0.6) is 0 Å². The molecule has 3 rings (SSSR count). The number of nitrogens with zero attached hydrogens (tertiary/aromatic N) is 1. The summed E-state index contributed by atoms with van der Waals surface area (Å²) in [6, 6.07) is 14.2. The van der Waals surface area contributed by atoms with E-state index in [9.17, 15) is 0 Å². The molecule has 1 aliphatic heterocycles. The van der Waals surface area contributed by atoms with E-state index in [0.29, 0.717) is 6.61 Å². The third kappa shape index (κ3) is 3.09. The maximum Gasteiger partial charge on any atom is 0.128 e. The van der Waals surface area contributed by atoms with Crippen LogP contribution in [-0.4, -0.2) is 26.0 Å². The fourth-order valence-corrected chi connectivity index (χ4v) is 2.64. The van der Waals surface area contributed by atoms with Crippen LogP contribution in [0, 0.1) is 0 Å². The third-order valence-corrected chi connectivity index (χ3v) is 3.76. The minimum absolute atomic E-state index is 0.569. The number of ether oxygens (including phenoxy) is 1. The quantitative estimate of drug-likeness (QED) is 0.937. The van der Waals surface area contributed by atoms with Gasteiger partial charge in [-0.3, -0.25) is 4.99 Å². The van der Waals surface area contributed by atoms with Gasteiger partial charge in [0.2, 0.25) is 0 Å². The first-order chi connectivity index (χ1) is 10.3. The molecule has 0 bridgehead atoms. The van der Waals surface area contributed by atoms with Crippen molar-refractivity contribution in [2.24, 2.45) is 4.99 Å². The fraction of sp³-hybridized carbons (Fsp3) is 0.235. The SMILES string of the molecule is COCc1cc(C2=NCCN2)ccc1-c1ccc(Cl)cc1. The van der Waals surface area contributed by atoms with Crippen molar-refractivity contribution in [1.82, 2.24) is 5.32 Å². The minimum Gasteiger partial charge on any atom is -0.380 e. The van der Waals surface area contributed by atoms with Crippen LogP contribution in [-0.2, 0) is 11.3 Å². The summed E-state index contributed by atoms with van der Waals surface area (Å²) < 4.78 is 5.35. The zero-order valence-corrected chi connectivity index (χ0v) is 12.7. The molecule has 3 nitrogen and oxygen atoms in total. The normalized spacial score (nSPS) is 13.9. The second-order valence-electron chi connectivity index (χ2n) is 4.97. The molecule has 1 N–H and O–H groups in total. The molecular weight excluding hydrogens is 284 g/mol. The van der Waals surface area contributed by atoms with Gasteiger partial charge in [-0.15, -0.1) is 0 Å². The maximum absolute atomic E-state index is 5.96. The molecule has 4 heteroatoms. The number of aliphatic imine (C=N–C) groups is 1. The Balaban J connectivity index is 2.01. The Labute approximate surface area is 129 Å². The topological polar surface area (TPSA) is 33.6 Å². The lowest BCUT2D eigenvalue weighted by Gasteiger charge is -2.12. The summed E-state index contributed by atoms with van der Waals surface area (Å²) in [7, 11) is 1.71. The standard InChI is InChI=1S/C17H17ClN2O/c1-21-11-14-10-13(17-19-8-9-20-17)4-7-16(14)12-2-5-15(18)6-3-12/h2-7,10H,8-9,11H2,1H3,(H,19,20). The molecule has 21 heavy (non-hydrogen) atoms. The highest BCUT2D eigenvalue weighted by Crippen LogP contribution is 2.27. The molecule has 108 valence electrons. The van der Waals surface area contributed by atoms with Crippen LogP contribution in [0.1, 0.15) is 11.1 Å². The van der Waals surface area contributed by atoms with Crippen molar-refractivity contribution in [3.05, 3.63) is 58.6 Å². The highest BCUT2D eigenvalue weighted by atomic mass is 35.5. The Morgan fingerprint density at radius 2 is 1.90 bits per heavy atom.